The van der Waals surface area contributed by atoms with E-state index in [0.29, 0.717) is 29.4 Å². The Labute approximate surface area is 218 Å². The molecule has 1 aliphatic rings. The second-order valence-corrected chi connectivity index (χ2v) is 9.92. The van der Waals surface area contributed by atoms with E-state index < -0.39 is 0 Å². The number of hydrogen-bond acceptors (Lipinski definition) is 4. The SMILES string of the molecule is N=C(N)c1cccc(-c2nc3ccccc3n(CCCCCN3CCCCC3c3ccccc3)c2=O)c1. The fraction of sp³-hybridized carbons (Fsp3) is 0.323. The van der Waals surface area contributed by atoms with Gasteiger partial charge < -0.3 is 10.3 Å². The Balaban J connectivity index is 1.29. The molecule has 0 aliphatic carbocycles. The van der Waals surface area contributed by atoms with Gasteiger partial charge in [0.1, 0.15) is 11.5 Å². The molecule has 4 aromatic rings. The number of unbranched alkanes of at least 4 members (excludes halogenated alkanes) is 2. The quantitative estimate of drug-likeness (QED) is 0.177. The fourth-order valence-corrected chi connectivity index (χ4v) is 5.51. The summed E-state index contributed by atoms with van der Waals surface area (Å²) in [6, 6.07) is 26.5. The lowest BCUT2D eigenvalue weighted by molar-refractivity contribution is 0.145. The van der Waals surface area contributed by atoms with E-state index in [9.17, 15) is 4.79 Å². The van der Waals surface area contributed by atoms with Crippen LogP contribution in [-0.2, 0) is 6.54 Å². The molecular weight excluding hydrogens is 458 g/mol. The molecule has 1 aromatic heterocycles. The molecule has 1 atom stereocenters. The number of aromatic nitrogens is 2. The Bertz CT molecular complexity index is 1430. The van der Waals surface area contributed by atoms with Gasteiger partial charge in [0.2, 0.25) is 0 Å². The molecule has 1 aliphatic heterocycles. The summed E-state index contributed by atoms with van der Waals surface area (Å²) in [5, 5.41) is 7.76. The minimum absolute atomic E-state index is 0.0221. The second kappa shape index (κ2) is 11.5. The third-order valence-electron chi connectivity index (χ3n) is 7.42. The number of fused-ring (bicyclic) bond motifs is 1. The Morgan fingerprint density at radius 2 is 1.70 bits per heavy atom. The van der Waals surface area contributed by atoms with Crippen LogP contribution in [0, 0.1) is 5.41 Å². The van der Waals surface area contributed by atoms with Gasteiger partial charge in [-0.1, -0.05) is 73.5 Å². The summed E-state index contributed by atoms with van der Waals surface area (Å²) in [5.74, 6) is -0.0221. The van der Waals surface area contributed by atoms with Gasteiger partial charge >= 0.3 is 0 Å². The van der Waals surface area contributed by atoms with E-state index in [1.165, 1.54) is 24.8 Å². The third kappa shape index (κ3) is 5.65. The average Bonchev–Trinajstić information content (AvgIpc) is 2.94. The van der Waals surface area contributed by atoms with Crippen molar-refractivity contribution < 1.29 is 0 Å². The van der Waals surface area contributed by atoms with Crippen LogP contribution < -0.4 is 11.3 Å². The summed E-state index contributed by atoms with van der Waals surface area (Å²) in [4.78, 5) is 20.9. The van der Waals surface area contributed by atoms with Crippen molar-refractivity contribution in [2.24, 2.45) is 5.73 Å². The Kier molecular flexibility index (Phi) is 7.76. The molecule has 1 unspecified atom stereocenters. The normalized spacial score (nSPS) is 16.2. The van der Waals surface area contributed by atoms with Gasteiger partial charge in [-0.3, -0.25) is 15.1 Å². The van der Waals surface area contributed by atoms with Crippen LogP contribution in [0.3, 0.4) is 0 Å². The molecule has 190 valence electrons. The van der Waals surface area contributed by atoms with Gasteiger partial charge in [0.15, 0.2) is 0 Å². The average molecular weight is 494 g/mol. The molecule has 3 aromatic carbocycles. The zero-order valence-electron chi connectivity index (χ0n) is 21.3. The first-order chi connectivity index (χ1) is 18.1. The maximum atomic E-state index is 13.6. The summed E-state index contributed by atoms with van der Waals surface area (Å²) in [5.41, 5.74) is 10.4. The number of likely N-dealkylation sites (tertiary alicyclic amines) is 1. The van der Waals surface area contributed by atoms with E-state index in [0.717, 1.165) is 43.4 Å². The zero-order valence-corrected chi connectivity index (χ0v) is 21.3. The van der Waals surface area contributed by atoms with Crippen molar-refractivity contribution in [3.05, 3.63) is 100 Å². The number of nitrogen functional groups attached to an aromatic ring is 1. The smallest absolute Gasteiger partial charge is 0.277 e. The first-order valence-corrected chi connectivity index (χ1v) is 13.4. The van der Waals surface area contributed by atoms with Gasteiger partial charge in [-0.25, -0.2) is 4.98 Å². The van der Waals surface area contributed by atoms with E-state index in [1.807, 2.05) is 41.0 Å². The predicted molar refractivity (Wildman–Crippen MR) is 151 cm³/mol. The summed E-state index contributed by atoms with van der Waals surface area (Å²) >= 11 is 0. The van der Waals surface area contributed by atoms with Crippen molar-refractivity contribution in [3.63, 3.8) is 0 Å². The van der Waals surface area contributed by atoms with Crippen molar-refractivity contribution in [3.8, 4) is 11.3 Å². The van der Waals surface area contributed by atoms with Crippen molar-refractivity contribution in [1.29, 1.82) is 5.41 Å². The number of piperidine rings is 1. The van der Waals surface area contributed by atoms with Gasteiger partial charge in [0.05, 0.1) is 11.0 Å². The van der Waals surface area contributed by atoms with Gasteiger partial charge in [0, 0.05) is 23.7 Å². The second-order valence-electron chi connectivity index (χ2n) is 9.92. The van der Waals surface area contributed by atoms with E-state index in [1.54, 1.807) is 12.1 Å². The van der Waals surface area contributed by atoms with E-state index >= 15 is 0 Å². The molecule has 5 rings (SSSR count). The Morgan fingerprint density at radius 1 is 0.919 bits per heavy atom. The molecule has 1 fully saturated rings. The minimum atomic E-state index is -0.0976. The van der Waals surface area contributed by atoms with Crippen LogP contribution in [0.5, 0.6) is 0 Å². The van der Waals surface area contributed by atoms with Crippen LogP contribution in [0.1, 0.15) is 55.7 Å². The molecule has 1 saturated heterocycles. The first-order valence-electron chi connectivity index (χ1n) is 13.4. The number of aryl methyl sites for hydroxylation is 1. The molecule has 0 saturated carbocycles. The van der Waals surface area contributed by atoms with E-state index in [4.69, 9.17) is 16.1 Å². The van der Waals surface area contributed by atoms with Gasteiger partial charge in [-0.15, -0.1) is 0 Å². The summed E-state index contributed by atoms with van der Waals surface area (Å²) < 4.78 is 1.87. The fourth-order valence-electron chi connectivity index (χ4n) is 5.51. The molecule has 6 nitrogen and oxygen atoms in total. The number of nitrogens with zero attached hydrogens (tertiary/aromatic N) is 3. The Hall–Kier alpha value is -3.77. The van der Waals surface area contributed by atoms with Crippen molar-refractivity contribution in [1.82, 2.24) is 14.5 Å². The number of rotatable bonds is 9. The van der Waals surface area contributed by atoms with Gasteiger partial charge in [-0.05, 0) is 62.5 Å². The van der Waals surface area contributed by atoms with Crippen molar-refractivity contribution >= 4 is 16.9 Å². The van der Waals surface area contributed by atoms with Crippen LogP contribution >= 0.6 is 0 Å². The third-order valence-corrected chi connectivity index (χ3v) is 7.42. The lowest BCUT2D eigenvalue weighted by atomic mass is 9.95. The number of benzene rings is 3. The van der Waals surface area contributed by atoms with Gasteiger partial charge in [-0.2, -0.15) is 0 Å². The van der Waals surface area contributed by atoms with Crippen LogP contribution in [0.4, 0.5) is 0 Å². The maximum absolute atomic E-state index is 13.6. The number of amidine groups is 1. The van der Waals surface area contributed by atoms with Crippen LogP contribution in [-0.4, -0.2) is 33.4 Å². The van der Waals surface area contributed by atoms with Crippen LogP contribution in [0.25, 0.3) is 22.3 Å². The van der Waals surface area contributed by atoms with Gasteiger partial charge in [0.25, 0.3) is 5.56 Å². The lowest BCUT2D eigenvalue weighted by Gasteiger charge is -2.36. The molecule has 0 bridgehead atoms. The molecule has 2 heterocycles. The van der Waals surface area contributed by atoms with E-state index in [-0.39, 0.29) is 11.4 Å². The van der Waals surface area contributed by atoms with Crippen LogP contribution in [0.15, 0.2) is 83.7 Å². The Morgan fingerprint density at radius 3 is 2.54 bits per heavy atom. The molecule has 6 heteroatoms. The summed E-state index contributed by atoms with van der Waals surface area (Å²) in [7, 11) is 0. The molecule has 37 heavy (non-hydrogen) atoms. The first kappa shape index (κ1) is 24.9. The standard InChI is InChI=1S/C31H35N5O/c32-30(33)25-15-11-14-24(22-25)29-31(37)36(28-18-6-5-16-26(28)34-29)21-9-2-8-19-35-20-10-7-17-27(35)23-12-3-1-4-13-23/h1,3-6,11-16,18,22,27H,2,7-10,17,19-21H2,(H3,32,33). The predicted octanol–water partition coefficient (Wildman–Crippen LogP) is 5.75. The number of nitrogens with two attached hydrogens (primary N) is 1. The molecular formula is C31H35N5O. The monoisotopic (exact) mass is 493 g/mol. The number of para-hydroxylation sites is 2. The number of hydrogen-bond donors (Lipinski definition) is 2. The lowest BCUT2D eigenvalue weighted by Crippen LogP contribution is -2.34. The topological polar surface area (TPSA) is 88.0 Å². The van der Waals surface area contributed by atoms with Crippen molar-refractivity contribution in [2.75, 3.05) is 13.1 Å². The maximum Gasteiger partial charge on any atom is 0.277 e. The summed E-state index contributed by atoms with van der Waals surface area (Å²) in [6.45, 7) is 2.91. The highest BCUT2D eigenvalue weighted by molar-refractivity contribution is 5.96. The molecule has 0 amide bonds. The molecule has 3 N–H and O–H groups in total. The molecule has 0 spiro atoms. The van der Waals surface area contributed by atoms with Crippen LogP contribution in [0.2, 0.25) is 0 Å². The summed E-state index contributed by atoms with van der Waals surface area (Å²) in [6.07, 6.45) is 6.92. The highest BCUT2D eigenvalue weighted by Crippen LogP contribution is 2.31. The van der Waals surface area contributed by atoms with Crippen molar-refractivity contribution in [2.45, 2.75) is 51.1 Å². The number of nitrogens with one attached hydrogen (secondary N) is 1. The van der Waals surface area contributed by atoms with E-state index in [2.05, 4.69) is 35.2 Å². The zero-order chi connectivity index (χ0) is 25.6. The highest BCUT2D eigenvalue weighted by Gasteiger charge is 2.23. The molecule has 0 radical (unpaired) electrons. The largest absolute Gasteiger partial charge is 0.384 e. The minimum Gasteiger partial charge on any atom is -0.384 e. The highest BCUT2D eigenvalue weighted by atomic mass is 16.1.